The highest BCUT2D eigenvalue weighted by atomic mass is 17.1. The van der Waals surface area contributed by atoms with Crippen LogP contribution < -0.4 is 0 Å². The predicted octanol–water partition coefficient (Wildman–Crippen LogP) is 3.87. The maximum Gasteiger partial charge on any atom is 0.123 e. The molecular weight excluding hydrogens is 200 g/mol. The molecule has 0 heterocycles. The fraction of sp³-hybridized carbons (Fsp3) is 0.286. The molecule has 1 N–H and O–H groups in total. The maximum absolute atomic E-state index is 8.87. The first-order valence-electron chi connectivity index (χ1n) is 5.37. The van der Waals surface area contributed by atoms with E-state index in [0.29, 0.717) is 0 Å². The van der Waals surface area contributed by atoms with Crippen LogP contribution in [0.3, 0.4) is 0 Å². The van der Waals surface area contributed by atoms with Gasteiger partial charge in [0.1, 0.15) is 5.60 Å². The summed E-state index contributed by atoms with van der Waals surface area (Å²) in [6, 6.07) is 12.3. The molecule has 84 valence electrons. The van der Waals surface area contributed by atoms with E-state index in [-0.39, 0.29) is 0 Å². The van der Waals surface area contributed by atoms with Crippen molar-refractivity contribution in [2.45, 2.75) is 26.4 Å². The molecule has 0 spiro atoms. The Bertz CT molecular complexity index is 515. The molecular formula is C14H16O2. The third kappa shape index (κ3) is 1.82. The molecule has 0 radical (unpaired) electrons. The first kappa shape index (κ1) is 11.1. The van der Waals surface area contributed by atoms with Gasteiger partial charge >= 0.3 is 0 Å². The van der Waals surface area contributed by atoms with Crippen LogP contribution in [0.2, 0.25) is 0 Å². The molecule has 2 rings (SSSR count). The molecule has 0 saturated carbocycles. The molecule has 0 amide bonds. The number of benzene rings is 2. The number of hydrogen-bond acceptors (Lipinski definition) is 2. The smallest absolute Gasteiger partial charge is 0.123 e. The average Bonchev–Trinajstić information content (AvgIpc) is 2.29. The minimum atomic E-state index is -0.669. The van der Waals surface area contributed by atoms with Crippen LogP contribution in [0.15, 0.2) is 36.4 Å². The molecule has 0 aliphatic rings. The second-order valence-electron chi connectivity index (χ2n) is 4.61. The maximum atomic E-state index is 8.87. The van der Waals surface area contributed by atoms with E-state index in [2.05, 4.69) is 36.1 Å². The summed E-state index contributed by atoms with van der Waals surface area (Å²) in [6.45, 7) is 5.77. The molecule has 2 aromatic rings. The van der Waals surface area contributed by atoms with Crippen LogP contribution in [0.4, 0.5) is 0 Å². The van der Waals surface area contributed by atoms with Gasteiger partial charge in [-0.15, -0.1) is 0 Å². The molecule has 2 aromatic carbocycles. The van der Waals surface area contributed by atoms with E-state index >= 15 is 0 Å². The van der Waals surface area contributed by atoms with E-state index in [1.807, 2.05) is 26.0 Å². The highest BCUT2D eigenvalue weighted by Gasteiger charge is 2.21. The lowest BCUT2D eigenvalue weighted by atomic mass is 9.94. The highest BCUT2D eigenvalue weighted by molar-refractivity contribution is 5.86. The van der Waals surface area contributed by atoms with Crippen LogP contribution in [0.1, 0.15) is 25.0 Å². The van der Waals surface area contributed by atoms with Crippen LogP contribution in [0, 0.1) is 6.92 Å². The second-order valence-corrected chi connectivity index (χ2v) is 4.61. The van der Waals surface area contributed by atoms with Crippen molar-refractivity contribution in [1.82, 2.24) is 0 Å². The lowest BCUT2D eigenvalue weighted by Crippen LogP contribution is -2.19. The Hall–Kier alpha value is -1.38. The van der Waals surface area contributed by atoms with Gasteiger partial charge in [0.25, 0.3) is 0 Å². The molecule has 0 aliphatic heterocycles. The van der Waals surface area contributed by atoms with Gasteiger partial charge in [-0.2, -0.15) is 0 Å². The molecule has 0 atom stereocenters. The number of hydrogen-bond donors (Lipinski definition) is 1. The van der Waals surface area contributed by atoms with Crippen molar-refractivity contribution in [3.05, 3.63) is 47.5 Å². The molecule has 0 saturated heterocycles. The van der Waals surface area contributed by atoms with Crippen LogP contribution in [0.25, 0.3) is 10.8 Å². The van der Waals surface area contributed by atoms with Crippen molar-refractivity contribution in [1.29, 1.82) is 0 Å². The Morgan fingerprint density at radius 3 is 2.56 bits per heavy atom. The van der Waals surface area contributed by atoms with Crippen LogP contribution in [-0.4, -0.2) is 5.26 Å². The van der Waals surface area contributed by atoms with E-state index in [9.17, 15) is 0 Å². The fourth-order valence-electron chi connectivity index (χ4n) is 1.87. The molecule has 0 unspecified atom stereocenters. The molecule has 2 nitrogen and oxygen atoms in total. The van der Waals surface area contributed by atoms with Crippen LogP contribution in [0.5, 0.6) is 0 Å². The molecule has 0 bridgehead atoms. The average molecular weight is 216 g/mol. The van der Waals surface area contributed by atoms with Gasteiger partial charge in [0, 0.05) is 0 Å². The summed E-state index contributed by atoms with van der Waals surface area (Å²) in [7, 11) is 0. The van der Waals surface area contributed by atoms with Gasteiger partial charge in [0.05, 0.1) is 0 Å². The number of aryl methyl sites for hydroxylation is 1. The molecule has 0 aliphatic carbocycles. The van der Waals surface area contributed by atoms with Gasteiger partial charge < -0.3 is 0 Å². The summed E-state index contributed by atoms with van der Waals surface area (Å²) in [4.78, 5) is 4.50. The van der Waals surface area contributed by atoms with Crippen molar-refractivity contribution < 1.29 is 10.1 Å². The lowest BCUT2D eigenvalue weighted by Gasteiger charge is -2.21. The molecule has 0 fully saturated rings. The van der Waals surface area contributed by atoms with Crippen LogP contribution >= 0.6 is 0 Å². The largest absolute Gasteiger partial charge is 0.251 e. The predicted molar refractivity (Wildman–Crippen MR) is 65.4 cm³/mol. The molecule has 0 aromatic heterocycles. The zero-order valence-electron chi connectivity index (χ0n) is 9.82. The van der Waals surface area contributed by atoms with Gasteiger partial charge in [0.2, 0.25) is 0 Å². The monoisotopic (exact) mass is 216 g/mol. The fourth-order valence-corrected chi connectivity index (χ4v) is 1.87. The minimum absolute atomic E-state index is 0.669. The van der Waals surface area contributed by atoms with E-state index in [4.69, 9.17) is 5.26 Å². The van der Waals surface area contributed by atoms with Gasteiger partial charge in [-0.05, 0) is 48.7 Å². The Morgan fingerprint density at radius 1 is 1.12 bits per heavy atom. The van der Waals surface area contributed by atoms with Crippen molar-refractivity contribution in [3.63, 3.8) is 0 Å². The Kier molecular flexibility index (Phi) is 2.70. The third-order valence-electron chi connectivity index (χ3n) is 3.02. The van der Waals surface area contributed by atoms with Gasteiger partial charge in [-0.25, -0.2) is 4.89 Å². The zero-order valence-corrected chi connectivity index (χ0v) is 9.82. The lowest BCUT2D eigenvalue weighted by molar-refractivity contribution is -0.318. The zero-order chi connectivity index (χ0) is 11.8. The number of rotatable bonds is 2. The normalized spacial score (nSPS) is 12.0. The topological polar surface area (TPSA) is 29.5 Å². The summed E-state index contributed by atoms with van der Waals surface area (Å²) in [5, 5.41) is 11.3. The van der Waals surface area contributed by atoms with E-state index in [1.54, 1.807) is 0 Å². The number of fused-ring (bicyclic) bond motifs is 1. The highest BCUT2D eigenvalue weighted by Crippen LogP contribution is 2.28. The van der Waals surface area contributed by atoms with Gasteiger partial charge in [0.15, 0.2) is 0 Å². The molecule has 16 heavy (non-hydrogen) atoms. The second kappa shape index (κ2) is 3.89. The first-order valence-corrected chi connectivity index (χ1v) is 5.37. The van der Waals surface area contributed by atoms with Gasteiger partial charge in [-0.3, -0.25) is 5.26 Å². The Balaban J connectivity index is 2.61. The van der Waals surface area contributed by atoms with Crippen molar-refractivity contribution in [2.24, 2.45) is 0 Å². The molecule has 2 heteroatoms. The van der Waals surface area contributed by atoms with Gasteiger partial charge in [-0.1, -0.05) is 30.3 Å². The third-order valence-corrected chi connectivity index (χ3v) is 3.02. The summed E-state index contributed by atoms with van der Waals surface area (Å²) >= 11 is 0. The summed E-state index contributed by atoms with van der Waals surface area (Å²) < 4.78 is 0. The summed E-state index contributed by atoms with van der Waals surface area (Å²) in [5.74, 6) is 0. The van der Waals surface area contributed by atoms with Crippen molar-refractivity contribution in [3.8, 4) is 0 Å². The van der Waals surface area contributed by atoms with E-state index < -0.39 is 5.60 Å². The first-order chi connectivity index (χ1) is 7.54. The van der Waals surface area contributed by atoms with E-state index in [1.165, 1.54) is 16.3 Å². The Labute approximate surface area is 95.4 Å². The van der Waals surface area contributed by atoms with E-state index in [0.717, 1.165) is 5.56 Å². The standard InChI is InChI=1S/C14H16O2/c1-10-5-4-6-11-9-12(7-8-13(10)11)14(2,3)16-15/h4-9,15H,1-3H3. The van der Waals surface area contributed by atoms with Crippen molar-refractivity contribution >= 4 is 10.8 Å². The Morgan fingerprint density at radius 2 is 1.88 bits per heavy atom. The summed E-state index contributed by atoms with van der Waals surface area (Å²) in [5.41, 5.74) is 1.55. The van der Waals surface area contributed by atoms with Crippen molar-refractivity contribution in [2.75, 3.05) is 0 Å². The SMILES string of the molecule is Cc1cccc2cc(C(C)(C)OO)ccc12. The minimum Gasteiger partial charge on any atom is -0.251 e. The quantitative estimate of drug-likeness (QED) is 0.610. The van der Waals surface area contributed by atoms with Crippen LogP contribution in [-0.2, 0) is 10.5 Å². The summed E-state index contributed by atoms with van der Waals surface area (Å²) in [6.07, 6.45) is 0.